The van der Waals surface area contributed by atoms with Gasteiger partial charge >= 0.3 is 5.97 Å². The van der Waals surface area contributed by atoms with Gasteiger partial charge in [0, 0.05) is 11.0 Å². The van der Waals surface area contributed by atoms with Crippen molar-refractivity contribution < 1.29 is 9.90 Å². The van der Waals surface area contributed by atoms with Crippen molar-refractivity contribution in [1.29, 1.82) is 0 Å². The molecule has 0 atom stereocenters. The smallest absolute Gasteiger partial charge is 0.335 e. The first-order valence-corrected chi connectivity index (χ1v) is 6.74. The molecule has 0 aromatic heterocycles. The molecule has 0 bridgehead atoms. The van der Waals surface area contributed by atoms with Gasteiger partial charge in [0.2, 0.25) is 0 Å². The Morgan fingerprint density at radius 1 is 1.25 bits per heavy atom. The predicted octanol–water partition coefficient (Wildman–Crippen LogP) is 3.56. The van der Waals surface area contributed by atoms with E-state index in [1.54, 1.807) is 12.1 Å². The minimum atomic E-state index is -0.852. The molecule has 3 heteroatoms. The van der Waals surface area contributed by atoms with Crippen molar-refractivity contribution in [2.24, 2.45) is 0 Å². The molecule has 2 nitrogen and oxygen atoms in total. The molecule has 86 valence electrons. The average Bonchev–Trinajstić information content (AvgIpc) is 2.80. The van der Waals surface area contributed by atoms with Crippen molar-refractivity contribution in [2.75, 3.05) is 0 Å². The number of thioether (sulfide) groups is 1. The topological polar surface area (TPSA) is 37.3 Å². The van der Waals surface area contributed by atoms with Crippen LogP contribution in [0, 0.1) is 0 Å². The average molecular weight is 236 g/mol. The Morgan fingerprint density at radius 3 is 2.44 bits per heavy atom. The van der Waals surface area contributed by atoms with Crippen LogP contribution < -0.4 is 0 Å². The number of carbonyl (C=O) groups is 1. The van der Waals surface area contributed by atoms with Gasteiger partial charge in [0.15, 0.2) is 0 Å². The number of carboxylic acids is 1. The molecule has 0 amide bonds. The van der Waals surface area contributed by atoms with Crippen LogP contribution >= 0.6 is 11.8 Å². The maximum absolute atomic E-state index is 10.7. The van der Waals surface area contributed by atoms with Crippen LogP contribution in [0.25, 0.3) is 0 Å². The Hall–Kier alpha value is -0.960. The molecule has 0 unspecified atom stereocenters. The van der Waals surface area contributed by atoms with Gasteiger partial charge in [0.1, 0.15) is 0 Å². The highest BCUT2D eigenvalue weighted by Crippen LogP contribution is 2.31. The molecule has 1 N–H and O–H groups in total. The first-order valence-electron chi connectivity index (χ1n) is 5.69. The van der Waals surface area contributed by atoms with Gasteiger partial charge in [-0.2, -0.15) is 11.8 Å². The fraction of sp³-hybridized carbons (Fsp3) is 0.462. The minimum absolute atomic E-state index is 0.370. The van der Waals surface area contributed by atoms with Gasteiger partial charge in [-0.25, -0.2) is 4.79 Å². The van der Waals surface area contributed by atoms with E-state index in [4.69, 9.17) is 5.11 Å². The highest BCUT2D eigenvalue weighted by Gasteiger charge is 2.15. The number of aromatic carboxylic acids is 1. The van der Waals surface area contributed by atoms with Crippen molar-refractivity contribution in [3.05, 3.63) is 35.4 Å². The van der Waals surface area contributed by atoms with E-state index in [9.17, 15) is 4.79 Å². The normalized spacial score (nSPS) is 16.5. The van der Waals surface area contributed by atoms with E-state index in [-0.39, 0.29) is 0 Å². The minimum Gasteiger partial charge on any atom is -0.478 e. The zero-order valence-electron chi connectivity index (χ0n) is 9.19. The van der Waals surface area contributed by atoms with Gasteiger partial charge in [-0.15, -0.1) is 0 Å². The maximum atomic E-state index is 10.7. The van der Waals surface area contributed by atoms with Crippen LogP contribution in [0.2, 0.25) is 0 Å². The van der Waals surface area contributed by atoms with E-state index < -0.39 is 5.97 Å². The Morgan fingerprint density at radius 2 is 1.88 bits per heavy atom. The fourth-order valence-electron chi connectivity index (χ4n) is 2.01. The summed E-state index contributed by atoms with van der Waals surface area (Å²) in [4.78, 5) is 10.7. The molecule has 1 aliphatic carbocycles. The Kier molecular flexibility index (Phi) is 3.88. The SMILES string of the molecule is O=C(O)c1ccc(CSC2CCCC2)cc1. The Bertz CT molecular complexity index is 353. The van der Waals surface area contributed by atoms with Gasteiger partial charge in [-0.05, 0) is 30.5 Å². The van der Waals surface area contributed by atoms with Gasteiger partial charge in [0.05, 0.1) is 5.56 Å². The fourth-order valence-corrected chi connectivity index (χ4v) is 3.30. The van der Waals surface area contributed by atoms with Crippen LogP contribution in [0.15, 0.2) is 24.3 Å². The molecular weight excluding hydrogens is 220 g/mol. The van der Waals surface area contributed by atoms with Crippen LogP contribution in [0.5, 0.6) is 0 Å². The summed E-state index contributed by atoms with van der Waals surface area (Å²) in [5.74, 6) is 0.153. The third kappa shape index (κ3) is 3.01. The summed E-state index contributed by atoms with van der Waals surface area (Å²) < 4.78 is 0. The van der Waals surface area contributed by atoms with Crippen molar-refractivity contribution in [3.8, 4) is 0 Å². The highest BCUT2D eigenvalue weighted by molar-refractivity contribution is 7.99. The molecule has 1 aliphatic rings. The molecular formula is C13H16O2S. The molecule has 1 aromatic carbocycles. The Labute approximate surface area is 100 Å². The van der Waals surface area contributed by atoms with Gasteiger partial charge in [-0.1, -0.05) is 25.0 Å². The highest BCUT2D eigenvalue weighted by atomic mass is 32.2. The molecule has 1 saturated carbocycles. The van der Waals surface area contributed by atoms with Crippen LogP contribution in [0.4, 0.5) is 0 Å². The second kappa shape index (κ2) is 5.39. The molecule has 0 saturated heterocycles. The maximum Gasteiger partial charge on any atom is 0.335 e. The van der Waals surface area contributed by atoms with Gasteiger partial charge in [0.25, 0.3) is 0 Å². The number of carboxylic acid groups (broad SMARTS) is 1. The number of hydrogen-bond donors (Lipinski definition) is 1. The van der Waals surface area contributed by atoms with Crippen molar-refractivity contribution in [2.45, 2.75) is 36.7 Å². The van der Waals surface area contributed by atoms with Crippen LogP contribution in [-0.4, -0.2) is 16.3 Å². The quantitative estimate of drug-likeness (QED) is 0.868. The summed E-state index contributed by atoms with van der Waals surface area (Å²) in [6.07, 6.45) is 5.43. The number of hydrogen-bond acceptors (Lipinski definition) is 2. The molecule has 1 aromatic rings. The molecule has 0 spiro atoms. The lowest BCUT2D eigenvalue weighted by atomic mass is 10.1. The molecule has 0 heterocycles. The lowest BCUT2D eigenvalue weighted by Gasteiger charge is -2.08. The molecule has 0 aliphatic heterocycles. The van der Waals surface area contributed by atoms with Crippen molar-refractivity contribution in [1.82, 2.24) is 0 Å². The van der Waals surface area contributed by atoms with Crippen LogP contribution in [-0.2, 0) is 5.75 Å². The second-order valence-corrected chi connectivity index (χ2v) is 5.51. The second-order valence-electron chi connectivity index (χ2n) is 4.22. The lowest BCUT2D eigenvalue weighted by molar-refractivity contribution is 0.0697. The van der Waals surface area contributed by atoms with E-state index in [2.05, 4.69) is 0 Å². The molecule has 16 heavy (non-hydrogen) atoms. The summed E-state index contributed by atoms with van der Waals surface area (Å²) in [5.41, 5.74) is 1.59. The summed E-state index contributed by atoms with van der Waals surface area (Å²) >= 11 is 2.00. The Balaban J connectivity index is 1.87. The summed E-state index contributed by atoms with van der Waals surface area (Å²) in [7, 11) is 0. The van der Waals surface area contributed by atoms with E-state index in [0.29, 0.717) is 5.56 Å². The van der Waals surface area contributed by atoms with Gasteiger partial charge < -0.3 is 5.11 Å². The van der Waals surface area contributed by atoms with Gasteiger partial charge in [-0.3, -0.25) is 0 Å². The molecule has 2 rings (SSSR count). The van der Waals surface area contributed by atoms with E-state index in [1.165, 1.54) is 31.2 Å². The zero-order chi connectivity index (χ0) is 11.4. The monoisotopic (exact) mass is 236 g/mol. The third-order valence-corrected chi connectivity index (χ3v) is 4.43. The third-order valence-electron chi connectivity index (χ3n) is 2.99. The molecule has 1 fully saturated rings. The largest absolute Gasteiger partial charge is 0.478 e. The van der Waals surface area contributed by atoms with Crippen LogP contribution in [0.1, 0.15) is 41.6 Å². The van der Waals surface area contributed by atoms with E-state index in [0.717, 1.165) is 11.0 Å². The standard InChI is InChI=1S/C13H16O2S/c14-13(15)11-7-5-10(6-8-11)9-16-12-3-1-2-4-12/h5-8,12H,1-4,9H2,(H,14,15). The van der Waals surface area contributed by atoms with E-state index in [1.807, 2.05) is 23.9 Å². The van der Waals surface area contributed by atoms with E-state index >= 15 is 0 Å². The van der Waals surface area contributed by atoms with Crippen molar-refractivity contribution >= 4 is 17.7 Å². The summed E-state index contributed by atoms with van der Waals surface area (Å²) in [6, 6.07) is 7.22. The molecule has 0 radical (unpaired) electrons. The number of benzene rings is 1. The van der Waals surface area contributed by atoms with Crippen molar-refractivity contribution in [3.63, 3.8) is 0 Å². The summed E-state index contributed by atoms with van der Waals surface area (Å²) in [5, 5.41) is 9.59. The first kappa shape index (κ1) is 11.5. The first-order chi connectivity index (χ1) is 7.75. The number of rotatable bonds is 4. The zero-order valence-corrected chi connectivity index (χ0v) is 10.0. The summed E-state index contributed by atoms with van der Waals surface area (Å²) in [6.45, 7) is 0. The lowest BCUT2D eigenvalue weighted by Crippen LogP contribution is -1.97. The predicted molar refractivity (Wildman–Crippen MR) is 67.0 cm³/mol. The van der Waals surface area contributed by atoms with Crippen LogP contribution in [0.3, 0.4) is 0 Å².